The number of halogens is 1. The van der Waals surface area contributed by atoms with E-state index in [1.54, 1.807) is 11.9 Å². The zero-order valence-electron chi connectivity index (χ0n) is 8.94. The molecule has 0 bridgehead atoms. The molecular formula is C8H14BrN5O. The van der Waals surface area contributed by atoms with Gasteiger partial charge in [0.15, 0.2) is 4.73 Å². The molecule has 7 heteroatoms. The SMILES string of the molecule is CC(C)N(C)C(=O)Cn1nc(N)nc1Br. The number of carbonyl (C=O) groups excluding carboxylic acids is 1. The quantitative estimate of drug-likeness (QED) is 0.871. The number of rotatable bonds is 3. The van der Waals surface area contributed by atoms with Crippen molar-refractivity contribution >= 4 is 27.8 Å². The van der Waals surface area contributed by atoms with Crippen molar-refractivity contribution in [2.75, 3.05) is 12.8 Å². The standard InChI is InChI=1S/C8H14BrN5O/c1-5(2)13(3)6(15)4-14-7(9)11-8(10)12-14/h5H,4H2,1-3H3,(H2,10,12). The van der Waals surface area contributed by atoms with Crippen LogP contribution in [0, 0.1) is 0 Å². The first kappa shape index (κ1) is 12.0. The van der Waals surface area contributed by atoms with Gasteiger partial charge in [-0.1, -0.05) is 0 Å². The molecule has 0 aliphatic carbocycles. The van der Waals surface area contributed by atoms with Gasteiger partial charge in [-0.15, -0.1) is 5.10 Å². The van der Waals surface area contributed by atoms with Crippen LogP contribution in [0.2, 0.25) is 0 Å². The summed E-state index contributed by atoms with van der Waals surface area (Å²) in [7, 11) is 1.75. The molecule has 0 unspecified atom stereocenters. The third-order valence-electron chi connectivity index (χ3n) is 2.10. The summed E-state index contributed by atoms with van der Waals surface area (Å²) in [6.07, 6.45) is 0. The summed E-state index contributed by atoms with van der Waals surface area (Å²) < 4.78 is 1.89. The third kappa shape index (κ3) is 2.92. The molecule has 0 spiro atoms. The fourth-order valence-electron chi connectivity index (χ4n) is 0.968. The van der Waals surface area contributed by atoms with Crippen LogP contribution in [0.25, 0.3) is 0 Å². The normalized spacial score (nSPS) is 10.7. The fraction of sp³-hybridized carbons (Fsp3) is 0.625. The molecule has 0 fully saturated rings. The second kappa shape index (κ2) is 4.61. The van der Waals surface area contributed by atoms with E-state index in [1.165, 1.54) is 4.68 Å². The average molecular weight is 276 g/mol. The van der Waals surface area contributed by atoms with Gasteiger partial charge in [0.05, 0.1) is 0 Å². The molecule has 0 atom stereocenters. The topological polar surface area (TPSA) is 77.0 Å². The molecule has 84 valence electrons. The van der Waals surface area contributed by atoms with Crippen molar-refractivity contribution < 1.29 is 4.79 Å². The van der Waals surface area contributed by atoms with Crippen molar-refractivity contribution in [2.24, 2.45) is 0 Å². The van der Waals surface area contributed by atoms with Crippen LogP contribution < -0.4 is 5.73 Å². The first-order chi connectivity index (χ1) is 6.91. The maximum Gasteiger partial charge on any atom is 0.244 e. The van der Waals surface area contributed by atoms with E-state index in [9.17, 15) is 4.79 Å². The van der Waals surface area contributed by atoms with E-state index in [0.29, 0.717) is 4.73 Å². The number of aromatic nitrogens is 3. The smallest absolute Gasteiger partial charge is 0.244 e. The van der Waals surface area contributed by atoms with Crippen LogP contribution in [0.4, 0.5) is 5.95 Å². The third-order valence-corrected chi connectivity index (χ3v) is 2.68. The van der Waals surface area contributed by atoms with Gasteiger partial charge in [-0.05, 0) is 29.8 Å². The van der Waals surface area contributed by atoms with Crippen molar-refractivity contribution in [1.29, 1.82) is 0 Å². The Kier molecular flexibility index (Phi) is 3.67. The van der Waals surface area contributed by atoms with E-state index < -0.39 is 0 Å². The lowest BCUT2D eigenvalue weighted by atomic mass is 10.3. The molecule has 0 aromatic carbocycles. The van der Waals surface area contributed by atoms with Gasteiger partial charge < -0.3 is 10.6 Å². The van der Waals surface area contributed by atoms with Gasteiger partial charge in [0.1, 0.15) is 6.54 Å². The van der Waals surface area contributed by atoms with Gasteiger partial charge in [-0.3, -0.25) is 4.79 Å². The number of nitrogen functional groups attached to an aromatic ring is 1. The summed E-state index contributed by atoms with van der Waals surface area (Å²) in [5, 5.41) is 3.88. The Morgan fingerprint density at radius 1 is 1.67 bits per heavy atom. The van der Waals surface area contributed by atoms with E-state index in [4.69, 9.17) is 5.73 Å². The van der Waals surface area contributed by atoms with Crippen LogP contribution in [0.5, 0.6) is 0 Å². The summed E-state index contributed by atoms with van der Waals surface area (Å²) in [6, 6.07) is 0.164. The van der Waals surface area contributed by atoms with Gasteiger partial charge in [0.25, 0.3) is 0 Å². The predicted molar refractivity (Wildman–Crippen MR) is 60.0 cm³/mol. The Bertz CT molecular complexity index is 362. The Hall–Kier alpha value is -1.11. The van der Waals surface area contributed by atoms with Gasteiger partial charge in [0.2, 0.25) is 11.9 Å². The maximum atomic E-state index is 11.7. The molecule has 0 radical (unpaired) electrons. The molecule has 2 N–H and O–H groups in total. The lowest BCUT2D eigenvalue weighted by molar-refractivity contribution is -0.132. The van der Waals surface area contributed by atoms with Crippen LogP contribution in [-0.4, -0.2) is 38.7 Å². The molecule has 0 saturated heterocycles. The monoisotopic (exact) mass is 275 g/mol. The van der Waals surface area contributed by atoms with Crippen molar-refractivity contribution in [2.45, 2.75) is 26.4 Å². The Balaban J connectivity index is 2.70. The van der Waals surface area contributed by atoms with Crippen molar-refractivity contribution in [3.05, 3.63) is 4.73 Å². The summed E-state index contributed by atoms with van der Waals surface area (Å²) in [4.78, 5) is 17.2. The average Bonchev–Trinajstić information content (AvgIpc) is 2.43. The second-order valence-electron chi connectivity index (χ2n) is 3.50. The van der Waals surface area contributed by atoms with Gasteiger partial charge in [-0.25, -0.2) is 4.68 Å². The molecule has 1 aromatic heterocycles. The Labute approximate surface area is 96.6 Å². The molecule has 0 saturated carbocycles. The van der Waals surface area contributed by atoms with Crippen LogP contribution in [-0.2, 0) is 11.3 Å². The van der Waals surface area contributed by atoms with Crippen molar-refractivity contribution in [3.63, 3.8) is 0 Å². The van der Waals surface area contributed by atoms with Crippen LogP contribution in [0.1, 0.15) is 13.8 Å². The molecular weight excluding hydrogens is 262 g/mol. The van der Waals surface area contributed by atoms with E-state index >= 15 is 0 Å². The number of amides is 1. The van der Waals surface area contributed by atoms with Crippen LogP contribution in [0.3, 0.4) is 0 Å². The zero-order valence-corrected chi connectivity index (χ0v) is 10.5. The van der Waals surface area contributed by atoms with Crippen molar-refractivity contribution in [1.82, 2.24) is 19.7 Å². The number of hydrogen-bond donors (Lipinski definition) is 1. The zero-order chi connectivity index (χ0) is 11.6. The lowest BCUT2D eigenvalue weighted by Gasteiger charge is -2.21. The maximum absolute atomic E-state index is 11.7. The number of nitrogens with zero attached hydrogens (tertiary/aromatic N) is 4. The second-order valence-corrected chi connectivity index (χ2v) is 4.20. The van der Waals surface area contributed by atoms with Gasteiger partial charge in [0, 0.05) is 13.1 Å². The summed E-state index contributed by atoms with van der Waals surface area (Å²) in [6.45, 7) is 4.03. The number of hydrogen-bond acceptors (Lipinski definition) is 4. The lowest BCUT2D eigenvalue weighted by Crippen LogP contribution is -2.35. The Morgan fingerprint density at radius 3 is 2.67 bits per heavy atom. The largest absolute Gasteiger partial charge is 0.366 e. The molecule has 1 heterocycles. The molecule has 1 aromatic rings. The minimum Gasteiger partial charge on any atom is -0.366 e. The number of carbonyl (C=O) groups is 1. The highest BCUT2D eigenvalue weighted by molar-refractivity contribution is 9.10. The van der Waals surface area contributed by atoms with Gasteiger partial charge >= 0.3 is 0 Å². The van der Waals surface area contributed by atoms with Crippen LogP contribution in [0.15, 0.2) is 4.73 Å². The summed E-state index contributed by atoms with van der Waals surface area (Å²) >= 11 is 3.17. The van der Waals surface area contributed by atoms with E-state index in [-0.39, 0.29) is 24.4 Å². The first-order valence-electron chi connectivity index (χ1n) is 4.53. The molecule has 6 nitrogen and oxygen atoms in total. The minimum atomic E-state index is -0.0319. The van der Waals surface area contributed by atoms with Crippen molar-refractivity contribution in [3.8, 4) is 0 Å². The fourth-order valence-corrected chi connectivity index (χ4v) is 1.35. The highest BCUT2D eigenvalue weighted by Crippen LogP contribution is 2.08. The van der Waals surface area contributed by atoms with E-state index in [0.717, 1.165) is 0 Å². The number of nitrogens with two attached hydrogens (primary N) is 1. The molecule has 1 rings (SSSR count). The van der Waals surface area contributed by atoms with Gasteiger partial charge in [-0.2, -0.15) is 4.98 Å². The minimum absolute atomic E-state index is 0.0319. The van der Waals surface area contributed by atoms with Crippen LogP contribution >= 0.6 is 15.9 Å². The number of anilines is 1. The summed E-state index contributed by atoms with van der Waals surface area (Å²) in [5.74, 6) is 0.123. The molecule has 15 heavy (non-hydrogen) atoms. The van der Waals surface area contributed by atoms with E-state index in [1.807, 2.05) is 13.8 Å². The highest BCUT2D eigenvalue weighted by atomic mass is 79.9. The summed E-state index contributed by atoms with van der Waals surface area (Å²) in [5.41, 5.74) is 5.39. The first-order valence-corrected chi connectivity index (χ1v) is 5.32. The predicted octanol–water partition coefficient (Wildman–Crippen LogP) is 0.490. The molecule has 1 amide bonds. The number of likely N-dealkylation sites (N-methyl/N-ethyl adjacent to an activating group) is 1. The highest BCUT2D eigenvalue weighted by Gasteiger charge is 2.15. The van der Waals surface area contributed by atoms with E-state index in [2.05, 4.69) is 26.0 Å². The Morgan fingerprint density at radius 2 is 2.27 bits per heavy atom. The molecule has 0 aliphatic heterocycles. The molecule has 0 aliphatic rings.